The lowest BCUT2D eigenvalue weighted by Gasteiger charge is -2.31. The van der Waals surface area contributed by atoms with Gasteiger partial charge in [-0.05, 0) is 37.8 Å². The SMILES string of the molecule is CCS(=O)(=O)Nc1ccc(N2CCCC(C)C2)nc1. The van der Waals surface area contributed by atoms with Gasteiger partial charge in [0.25, 0.3) is 0 Å². The van der Waals surface area contributed by atoms with Crippen molar-refractivity contribution >= 4 is 21.5 Å². The molecule has 0 spiro atoms. The summed E-state index contributed by atoms with van der Waals surface area (Å²) in [5, 5.41) is 0. The van der Waals surface area contributed by atoms with Gasteiger partial charge in [0, 0.05) is 13.1 Å². The van der Waals surface area contributed by atoms with Crippen molar-refractivity contribution in [3.8, 4) is 0 Å². The molecular weight excluding hydrogens is 262 g/mol. The molecule has 2 rings (SSSR count). The van der Waals surface area contributed by atoms with Gasteiger partial charge in [-0.3, -0.25) is 4.72 Å². The van der Waals surface area contributed by atoms with Gasteiger partial charge in [0.15, 0.2) is 0 Å². The zero-order valence-corrected chi connectivity index (χ0v) is 12.3. The molecule has 5 nitrogen and oxygen atoms in total. The van der Waals surface area contributed by atoms with Crippen LogP contribution < -0.4 is 9.62 Å². The van der Waals surface area contributed by atoms with Crippen LogP contribution in [-0.4, -0.2) is 32.2 Å². The highest BCUT2D eigenvalue weighted by Gasteiger charge is 2.17. The summed E-state index contributed by atoms with van der Waals surface area (Å²) in [6.07, 6.45) is 4.04. The largest absolute Gasteiger partial charge is 0.356 e. The van der Waals surface area contributed by atoms with E-state index in [4.69, 9.17) is 0 Å². The summed E-state index contributed by atoms with van der Waals surface area (Å²) in [5.74, 6) is 1.68. The molecule has 1 N–H and O–H groups in total. The van der Waals surface area contributed by atoms with E-state index in [-0.39, 0.29) is 5.75 Å². The number of nitrogens with zero attached hydrogens (tertiary/aromatic N) is 2. The maximum atomic E-state index is 11.4. The number of anilines is 2. The second kappa shape index (κ2) is 5.77. The molecule has 1 aromatic rings. The van der Waals surface area contributed by atoms with Crippen molar-refractivity contribution in [1.82, 2.24) is 4.98 Å². The van der Waals surface area contributed by atoms with Crippen LogP contribution >= 0.6 is 0 Å². The number of sulfonamides is 1. The van der Waals surface area contributed by atoms with Crippen molar-refractivity contribution in [3.63, 3.8) is 0 Å². The standard InChI is InChI=1S/C13H21N3O2S/c1-3-19(17,18)15-12-6-7-13(14-9-12)16-8-4-5-11(2)10-16/h6-7,9,11,15H,3-5,8,10H2,1-2H3. The summed E-state index contributed by atoms with van der Waals surface area (Å²) in [4.78, 5) is 6.61. The Balaban J connectivity index is 2.06. The maximum Gasteiger partial charge on any atom is 0.232 e. The first-order chi connectivity index (χ1) is 9.00. The quantitative estimate of drug-likeness (QED) is 0.919. The molecule has 0 aliphatic carbocycles. The average molecular weight is 283 g/mol. The highest BCUT2D eigenvalue weighted by atomic mass is 32.2. The van der Waals surface area contributed by atoms with E-state index in [1.807, 2.05) is 6.07 Å². The summed E-state index contributed by atoms with van der Waals surface area (Å²) in [6.45, 7) is 5.90. The second-order valence-corrected chi connectivity index (χ2v) is 7.11. The highest BCUT2D eigenvalue weighted by molar-refractivity contribution is 7.92. The summed E-state index contributed by atoms with van der Waals surface area (Å²) >= 11 is 0. The third-order valence-electron chi connectivity index (χ3n) is 3.38. The third-order valence-corrected chi connectivity index (χ3v) is 4.69. The van der Waals surface area contributed by atoms with E-state index in [1.54, 1.807) is 19.2 Å². The predicted octanol–water partition coefficient (Wildman–Crippen LogP) is 2.08. The van der Waals surface area contributed by atoms with Crippen LogP contribution in [0.2, 0.25) is 0 Å². The van der Waals surface area contributed by atoms with Crippen molar-refractivity contribution < 1.29 is 8.42 Å². The molecule has 0 bridgehead atoms. The van der Waals surface area contributed by atoms with Crippen LogP contribution in [-0.2, 0) is 10.0 Å². The first-order valence-corrected chi connectivity index (χ1v) is 8.37. The lowest BCUT2D eigenvalue weighted by molar-refractivity contribution is 0.444. The molecule has 0 saturated carbocycles. The van der Waals surface area contributed by atoms with Crippen LogP contribution in [0.15, 0.2) is 18.3 Å². The summed E-state index contributed by atoms with van der Waals surface area (Å²) in [5.41, 5.74) is 0.524. The fourth-order valence-corrected chi connectivity index (χ4v) is 2.91. The van der Waals surface area contributed by atoms with Crippen molar-refractivity contribution in [3.05, 3.63) is 18.3 Å². The predicted molar refractivity (Wildman–Crippen MR) is 77.9 cm³/mol. The fourth-order valence-electron chi connectivity index (χ4n) is 2.28. The molecule has 1 unspecified atom stereocenters. The van der Waals surface area contributed by atoms with Gasteiger partial charge >= 0.3 is 0 Å². The van der Waals surface area contributed by atoms with E-state index in [1.165, 1.54) is 12.8 Å². The molecule has 19 heavy (non-hydrogen) atoms. The lowest BCUT2D eigenvalue weighted by atomic mass is 10.0. The molecule has 0 amide bonds. The minimum absolute atomic E-state index is 0.0678. The van der Waals surface area contributed by atoms with Crippen molar-refractivity contribution in [2.24, 2.45) is 5.92 Å². The van der Waals surface area contributed by atoms with Crippen molar-refractivity contribution in [2.45, 2.75) is 26.7 Å². The minimum atomic E-state index is -3.22. The molecule has 6 heteroatoms. The van der Waals surface area contributed by atoms with Gasteiger partial charge in [-0.2, -0.15) is 0 Å². The van der Waals surface area contributed by atoms with E-state index in [2.05, 4.69) is 21.5 Å². The minimum Gasteiger partial charge on any atom is -0.356 e. The zero-order valence-electron chi connectivity index (χ0n) is 11.5. The molecule has 1 aliphatic heterocycles. The van der Waals surface area contributed by atoms with Gasteiger partial charge in [0.1, 0.15) is 5.82 Å². The number of aromatic nitrogens is 1. The average Bonchev–Trinajstić information content (AvgIpc) is 2.39. The number of piperidine rings is 1. The van der Waals surface area contributed by atoms with E-state index in [0.717, 1.165) is 18.9 Å². The maximum absolute atomic E-state index is 11.4. The third kappa shape index (κ3) is 3.83. The summed E-state index contributed by atoms with van der Waals surface area (Å²) in [7, 11) is -3.22. The van der Waals surface area contributed by atoms with E-state index < -0.39 is 10.0 Å². The zero-order chi connectivity index (χ0) is 13.9. The van der Waals surface area contributed by atoms with Crippen LogP contribution in [0.1, 0.15) is 26.7 Å². The van der Waals surface area contributed by atoms with Crippen LogP contribution in [0, 0.1) is 5.92 Å². The van der Waals surface area contributed by atoms with Crippen molar-refractivity contribution in [2.75, 3.05) is 28.5 Å². The number of rotatable bonds is 4. The van der Waals surface area contributed by atoms with E-state index in [0.29, 0.717) is 11.6 Å². The first-order valence-electron chi connectivity index (χ1n) is 6.71. The van der Waals surface area contributed by atoms with Gasteiger partial charge in [-0.25, -0.2) is 13.4 Å². The molecule has 106 valence electrons. The van der Waals surface area contributed by atoms with E-state index in [9.17, 15) is 8.42 Å². The Morgan fingerprint density at radius 3 is 2.84 bits per heavy atom. The number of hydrogen-bond acceptors (Lipinski definition) is 4. The molecule has 1 aliphatic rings. The number of nitrogens with one attached hydrogen (secondary N) is 1. The number of pyridine rings is 1. The molecule has 1 aromatic heterocycles. The molecule has 1 atom stereocenters. The Hall–Kier alpha value is -1.30. The Bertz CT molecular complexity index is 513. The van der Waals surface area contributed by atoms with Gasteiger partial charge in [-0.1, -0.05) is 6.92 Å². The first kappa shape index (κ1) is 14.1. The van der Waals surface area contributed by atoms with Crippen LogP contribution in [0.4, 0.5) is 11.5 Å². The van der Waals surface area contributed by atoms with Gasteiger partial charge < -0.3 is 4.90 Å². The molecule has 1 fully saturated rings. The van der Waals surface area contributed by atoms with Crippen LogP contribution in [0.5, 0.6) is 0 Å². The Kier molecular flexibility index (Phi) is 4.29. The van der Waals surface area contributed by atoms with Gasteiger partial charge in [0.2, 0.25) is 10.0 Å². The Morgan fingerprint density at radius 1 is 1.47 bits per heavy atom. The van der Waals surface area contributed by atoms with Gasteiger partial charge in [0.05, 0.1) is 17.6 Å². The molecule has 1 saturated heterocycles. The summed E-state index contributed by atoms with van der Waals surface area (Å²) in [6, 6.07) is 3.65. The van der Waals surface area contributed by atoms with Gasteiger partial charge in [-0.15, -0.1) is 0 Å². The van der Waals surface area contributed by atoms with Crippen LogP contribution in [0.25, 0.3) is 0 Å². The normalized spacial score (nSPS) is 20.3. The highest BCUT2D eigenvalue weighted by Crippen LogP contribution is 2.22. The smallest absolute Gasteiger partial charge is 0.232 e. The Morgan fingerprint density at radius 2 is 2.26 bits per heavy atom. The second-order valence-electron chi connectivity index (χ2n) is 5.10. The molecule has 0 aromatic carbocycles. The van der Waals surface area contributed by atoms with Crippen molar-refractivity contribution in [1.29, 1.82) is 0 Å². The fraction of sp³-hybridized carbons (Fsp3) is 0.615. The van der Waals surface area contributed by atoms with E-state index >= 15 is 0 Å². The lowest BCUT2D eigenvalue weighted by Crippen LogP contribution is -2.34. The molecular formula is C13H21N3O2S. The topological polar surface area (TPSA) is 62.3 Å². The Labute approximate surface area is 115 Å². The number of hydrogen-bond donors (Lipinski definition) is 1. The van der Waals surface area contributed by atoms with Crippen LogP contribution in [0.3, 0.4) is 0 Å². The molecule has 0 radical (unpaired) electrons. The molecule has 2 heterocycles. The summed E-state index contributed by atoms with van der Waals surface area (Å²) < 4.78 is 25.4. The monoisotopic (exact) mass is 283 g/mol.